The molecule has 388 valence electrons. The van der Waals surface area contributed by atoms with Crippen LogP contribution in [-0.2, 0) is 32.5 Å². The summed E-state index contributed by atoms with van der Waals surface area (Å²) in [4.78, 5) is 7.97. The highest BCUT2D eigenvalue weighted by Gasteiger charge is 2.49. The molecule has 5 aliphatic rings. The smallest absolute Gasteiger partial charge is 0.252 e. The summed E-state index contributed by atoms with van der Waals surface area (Å²) in [5, 5.41) is 0. The van der Waals surface area contributed by atoms with Gasteiger partial charge in [-0.05, 0) is 199 Å². The number of fused-ring (bicyclic) bond motifs is 9. The van der Waals surface area contributed by atoms with Crippen LogP contribution in [0, 0.1) is 13.8 Å². The van der Waals surface area contributed by atoms with Gasteiger partial charge in [-0.15, -0.1) is 0 Å². The van der Waals surface area contributed by atoms with Gasteiger partial charge in [0, 0.05) is 56.5 Å². The van der Waals surface area contributed by atoms with Gasteiger partial charge in [0.15, 0.2) is 0 Å². The molecule has 8 aromatic carbocycles. The first-order chi connectivity index (χ1) is 36.4. The van der Waals surface area contributed by atoms with Crippen LogP contribution < -0.4 is 31.1 Å². The first kappa shape index (κ1) is 49.8. The molecule has 2 heterocycles. The van der Waals surface area contributed by atoms with Gasteiger partial charge in [0.05, 0.1) is 5.69 Å². The molecule has 0 unspecified atom stereocenters. The molecule has 3 aliphatic carbocycles. The fourth-order valence-corrected chi connectivity index (χ4v) is 14.8. The SMILES string of the molecule is Cc1ccccc1N(c1ccc2c(c1)N(c1cccc3c1-c1ccccc1C3(C)C)c1cc(C(C)(C)C)cc3c1B2c1cc2c(cc1N3c1ccc3c(c1)C(C)(C)CCC3(C)C)C(C)(C)CCC2(C)C)c1ccccc1C. The molecule has 0 radical (unpaired) electrons. The Labute approximate surface area is 461 Å². The van der Waals surface area contributed by atoms with E-state index >= 15 is 0 Å². The molecule has 0 amide bonds. The van der Waals surface area contributed by atoms with Crippen LogP contribution in [0.15, 0.2) is 152 Å². The zero-order chi connectivity index (χ0) is 54.1. The molecule has 0 N–H and O–H groups in total. The second kappa shape index (κ2) is 16.6. The van der Waals surface area contributed by atoms with E-state index in [9.17, 15) is 0 Å². The van der Waals surface area contributed by atoms with Gasteiger partial charge in [-0.25, -0.2) is 0 Å². The standard InChI is InChI=1S/C73H78BN3/c1-45-23-16-20-28-59(45)75(60-29-21-17-24-46(60)2)49-32-34-57-62(42-49)77(61-30-22-27-53-66(61)50-25-18-19-26-51(50)73(53,14)15)65-40-47(68(3,4)5)39-64-67(65)74(57)58-43-55-56(72(12,13)38-37-71(55,10)11)44-63(58)76(64)48-31-33-52-54(41-48)70(8,9)36-35-69(52,6)7/h16-34,39-44H,35-38H2,1-15H3. The topological polar surface area (TPSA) is 9.72 Å². The van der Waals surface area contributed by atoms with Gasteiger partial charge in [-0.1, -0.05) is 181 Å². The highest BCUT2D eigenvalue weighted by atomic mass is 15.2. The number of hydrogen-bond donors (Lipinski definition) is 0. The molecular weight excluding hydrogens is 930 g/mol. The zero-order valence-electron chi connectivity index (χ0n) is 48.7. The van der Waals surface area contributed by atoms with Crippen molar-refractivity contribution in [2.75, 3.05) is 14.7 Å². The molecule has 77 heavy (non-hydrogen) atoms. The molecule has 4 heteroatoms. The molecule has 0 aromatic heterocycles. The van der Waals surface area contributed by atoms with Crippen LogP contribution in [0.25, 0.3) is 11.1 Å². The molecule has 8 aromatic rings. The summed E-state index contributed by atoms with van der Waals surface area (Å²) in [6, 6.07) is 59.8. The molecule has 2 aliphatic heterocycles. The molecular formula is C73H78BN3. The Kier molecular flexibility index (Phi) is 10.7. The van der Waals surface area contributed by atoms with E-state index in [0.717, 1.165) is 18.5 Å². The van der Waals surface area contributed by atoms with Crippen LogP contribution in [0.5, 0.6) is 0 Å². The van der Waals surface area contributed by atoms with Crippen molar-refractivity contribution in [1.29, 1.82) is 0 Å². The van der Waals surface area contributed by atoms with Crippen LogP contribution >= 0.6 is 0 Å². The van der Waals surface area contributed by atoms with Crippen molar-refractivity contribution in [3.63, 3.8) is 0 Å². The number of hydrogen-bond acceptors (Lipinski definition) is 3. The van der Waals surface area contributed by atoms with E-state index in [-0.39, 0.29) is 39.2 Å². The first-order valence-electron chi connectivity index (χ1n) is 28.8. The summed E-state index contributed by atoms with van der Waals surface area (Å²) in [7, 11) is 0. The van der Waals surface area contributed by atoms with Gasteiger partial charge in [0.25, 0.3) is 6.71 Å². The normalized spacial score (nSPS) is 18.3. The van der Waals surface area contributed by atoms with Crippen molar-refractivity contribution in [3.8, 4) is 11.1 Å². The highest BCUT2D eigenvalue weighted by molar-refractivity contribution is 7.00. The second-order valence-electron chi connectivity index (χ2n) is 28.0. The Hall–Kier alpha value is -6.78. The van der Waals surface area contributed by atoms with E-state index < -0.39 is 0 Å². The quantitative estimate of drug-likeness (QED) is 0.159. The van der Waals surface area contributed by atoms with Crippen molar-refractivity contribution in [1.82, 2.24) is 0 Å². The van der Waals surface area contributed by atoms with E-state index in [0.29, 0.717) is 0 Å². The monoisotopic (exact) mass is 1010 g/mol. The lowest BCUT2D eigenvalue weighted by Crippen LogP contribution is -2.62. The highest BCUT2D eigenvalue weighted by Crippen LogP contribution is 2.57. The van der Waals surface area contributed by atoms with Gasteiger partial charge in [0.2, 0.25) is 0 Å². The van der Waals surface area contributed by atoms with Crippen LogP contribution in [0.2, 0.25) is 0 Å². The molecule has 3 nitrogen and oxygen atoms in total. The number of para-hydroxylation sites is 2. The van der Waals surface area contributed by atoms with Crippen molar-refractivity contribution in [2.24, 2.45) is 0 Å². The molecule has 0 saturated heterocycles. The third-order valence-corrected chi connectivity index (χ3v) is 19.8. The van der Waals surface area contributed by atoms with Crippen molar-refractivity contribution in [2.45, 2.75) is 162 Å². The van der Waals surface area contributed by atoms with E-state index in [1.807, 2.05) is 0 Å². The molecule has 0 bridgehead atoms. The maximum Gasteiger partial charge on any atom is 0.252 e. The molecule has 0 saturated carbocycles. The Bertz CT molecular complexity index is 3740. The average molecular weight is 1010 g/mol. The number of benzene rings is 8. The van der Waals surface area contributed by atoms with Crippen LogP contribution in [0.3, 0.4) is 0 Å². The number of nitrogens with zero attached hydrogens (tertiary/aromatic N) is 3. The summed E-state index contributed by atoms with van der Waals surface area (Å²) >= 11 is 0. The zero-order valence-corrected chi connectivity index (χ0v) is 48.7. The predicted octanol–water partition coefficient (Wildman–Crippen LogP) is 18.2. The summed E-state index contributed by atoms with van der Waals surface area (Å²) in [6.07, 6.45) is 4.67. The largest absolute Gasteiger partial charge is 0.311 e. The molecule has 0 atom stereocenters. The molecule has 0 fully saturated rings. The van der Waals surface area contributed by atoms with Crippen LogP contribution in [0.1, 0.15) is 166 Å². The summed E-state index contributed by atoms with van der Waals surface area (Å²) < 4.78 is 0. The minimum Gasteiger partial charge on any atom is -0.311 e. The maximum absolute atomic E-state index is 2.74. The van der Waals surface area contributed by atoms with E-state index in [2.05, 4.69) is 270 Å². The fourth-order valence-electron chi connectivity index (χ4n) is 14.8. The minimum atomic E-state index is -0.172. The third kappa shape index (κ3) is 7.36. The average Bonchev–Trinajstić information content (AvgIpc) is 3.87. The first-order valence-corrected chi connectivity index (χ1v) is 28.8. The van der Waals surface area contributed by atoms with Crippen molar-refractivity contribution in [3.05, 3.63) is 202 Å². The number of anilines is 9. The number of aryl methyl sites for hydroxylation is 2. The van der Waals surface area contributed by atoms with Crippen molar-refractivity contribution < 1.29 is 0 Å². The van der Waals surface area contributed by atoms with Crippen molar-refractivity contribution >= 4 is 74.3 Å². The summed E-state index contributed by atoms with van der Waals surface area (Å²) in [6.45, 7) is 36.4. The van der Waals surface area contributed by atoms with Gasteiger partial charge in [0.1, 0.15) is 0 Å². The lowest BCUT2D eigenvalue weighted by atomic mass is 9.33. The second-order valence-corrected chi connectivity index (χ2v) is 28.0. The summed E-state index contributed by atoms with van der Waals surface area (Å²) in [5.74, 6) is 0. The third-order valence-electron chi connectivity index (χ3n) is 19.8. The fraction of sp³-hybridized carbons (Fsp3) is 0.342. The van der Waals surface area contributed by atoms with E-state index in [1.165, 1.54) is 136 Å². The summed E-state index contributed by atoms with van der Waals surface area (Å²) in [5.41, 5.74) is 30.3. The molecule has 0 spiro atoms. The lowest BCUT2D eigenvalue weighted by molar-refractivity contribution is 0.332. The van der Waals surface area contributed by atoms with E-state index in [1.54, 1.807) is 0 Å². The van der Waals surface area contributed by atoms with Gasteiger partial charge in [-0.3, -0.25) is 0 Å². The predicted molar refractivity (Wildman–Crippen MR) is 331 cm³/mol. The Morgan fingerprint density at radius 1 is 0.429 bits per heavy atom. The van der Waals surface area contributed by atoms with Gasteiger partial charge in [-0.2, -0.15) is 0 Å². The van der Waals surface area contributed by atoms with E-state index in [4.69, 9.17) is 0 Å². The Morgan fingerprint density at radius 2 is 0.961 bits per heavy atom. The maximum atomic E-state index is 2.74. The molecule has 13 rings (SSSR count). The van der Waals surface area contributed by atoms with Crippen LogP contribution in [-0.4, -0.2) is 6.71 Å². The minimum absolute atomic E-state index is 0.0190. The lowest BCUT2D eigenvalue weighted by Gasteiger charge is -2.48. The number of rotatable bonds is 5. The van der Waals surface area contributed by atoms with Gasteiger partial charge >= 0.3 is 0 Å². The van der Waals surface area contributed by atoms with Crippen LogP contribution in [0.4, 0.5) is 51.2 Å². The van der Waals surface area contributed by atoms with Gasteiger partial charge < -0.3 is 14.7 Å². The Morgan fingerprint density at radius 3 is 1.58 bits per heavy atom. The Balaban J connectivity index is 1.18.